The highest BCUT2D eigenvalue weighted by Gasteiger charge is 2.37. The molecule has 2 aliphatic rings. The third kappa shape index (κ3) is 5.70. The lowest BCUT2D eigenvalue weighted by molar-refractivity contribution is -0.139. The highest BCUT2D eigenvalue weighted by molar-refractivity contribution is 9.10. The van der Waals surface area contributed by atoms with Gasteiger partial charge in [-0.1, -0.05) is 54.1 Å². The second-order valence-electron chi connectivity index (χ2n) is 8.50. The Balaban J connectivity index is 1.29. The van der Waals surface area contributed by atoms with Crippen LogP contribution >= 0.6 is 39.3 Å². The molecule has 0 aromatic heterocycles. The van der Waals surface area contributed by atoms with Crippen LogP contribution in [0.15, 0.2) is 64.0 Å². The number of thioether (sulfide) groups is 1. The van der Waals surface area contributed by atoms with Gasteiger partial charge in [0.15, 0.2) is 5.75 Å². The number of ether oxygens (including phenoxy) is 2. The molecule has 5 rings (SSSR count). The number of fused-ring (bicyclic) bond motifs is 1. The standard InChI is InChI=1S/C27H22BrClN2O5S/c28-21-12-17(13-22(29)25(21)36-16-19-6-3-5-18-4-1-2-7-20(18)19)14-23-26(33)31(27(34)37-23)15-24(32)30-8-10-35-11-9-30/h1-7,12-14H,8-11,15-16H2/b23-14+. The van der Waals surface area contributed by atoms with E-state index < -0.39 is 11.1 Å². The number of imide groups is 1. The molecule has 3 aromatic carbocycles. The average Bonchev–Trinajstić information content (AvgIpc) is 3.16. The lowest BCUT2D eigenvalue weighted by atomic mass is 10.1. The van der Waals surface area contributed by atoms with Crippen LogP contribution in [0.2, 0.25) is 5.02 Å². The number of carbonyl (C=O) groups excluding carboxylic acids is 3. The normalized spacial score (nSPS) is 17.2. The van der Waals surface area contributed by atoms with Crippen LogP contribution in [0, 0.1) is 0 Å². The van der Waals surface area contributed by atoms with Crippen molar-refractivity contribution in [1.29, 1.82) is 0 Å². The molecule has 0 atom stereocenters. The van der Waals surface area contributed by atoms with Crippen molar-refractivity contribution in [1.82, 2.24) is 9.80 Å². The average molecular weight is 602 g/mol. The van der Waals surface area contributed by atoms with Crippen LogP contribution in [0.25, 0.3) is 16.8 Å². The second-order valence-corrected chi connectivity index (χ2v) is 10.8. The lowest BCUT2D eigenvalue weighted by Crippen LogP contribution is -2.46. The minimum Gasteiger partial charge on any atom is -0.486 e. The third-order valence-electron chi connectivity index (χ3n) is 6.10. The Hall–Kier alpha value is -2.85. The van der Waals surface area contributed by atoms with E-state index in [1.807, 2.05) is 24.3 Å². The summed E-state index contributed by atoms with van der Waals surface area (Å²) in [4.78, 5) is 40.7. The van der Waals surface area contributed by atoms with Crippen LogP contribution < -0.4 is 4.74 Å². The fraction of sp³-hybridized carbons (Fsp3) is 0.222. The van der Waals surface area contributed by atoms with Gasteiger partial charge in [0.2, 0.25) is 5.91 Å². The smallest absolute Gasteiger partial charge is 0.294 e. The van der Waals surface area contributed by atoms with Gasteiger partial charge >= 0.3 is 0 Å². The largest absolute Gasteiger partial charge is 0.486 e. The minimum absolute atomic E-state index is 0.229. The van der Waals surface area contributed by atoms with Crippen molar-refractivity contribution in [2.75, 3.05) is 32.8 Å². The molecule has 0 spiro atoms. The van der Waals surface area contributed by atoms with E-state index >= 15 is 0 Å². The highest BCUT2D eigenvalue weighted by Crippen LogP contribution is 2.38. The molecule has 3 amide bonds. The van der Waals surface area contributed by atoms with Gasteiger partial charge < -0.3 is 14.4 Å². The molecule has 0 bridgehead atoms. The van der Waals surface area contributed by atoms with E-state index in [9.17, 15) is 14.4 Å². The molecule has 0 N–H and O–H groups in total. The van der Waals surface area contributed by atoms with Crippen molar-refractivity contribution < 1.29 is 23.9 Å². The summed E-state index contributed by atoms with van der Waals surface area (Å²) >= 11 is 10.9. The summed E-state index contributed by atoms with van der Waals surface area (Å²) in [6.45, 7) is 1.84. The monoisotopic (exact) mass is 600 g/mol. The number of amides is 3. The summed E-state index contributed by atoms with van der Waals surface area (Å²) in [5.41, 5.74) is 1.66. The van der Waals surface area contributed by atoms with E-state index in [0.29, 0.717) is 53.7 Å². The summed E-state index contributed by atoms with van der Waals surface area (Å²) in [6.07, 6.45) is 1.59. The summed E-state index contributed by atoms with van der Waals surface area (Å²) in [5, 5.41) is 2.13. The molecule has 7 nitrogen and oxygen atoms in total. The number of morpholine rings is 1. The van der Waals surface area contributed by atoms with E-state index in [0.717, 1.165) is 33.0 Å². The lowest BCUT2D eigenvalue weighted by Gasteiger charge is -2.28. The van der Waals surface area contributed by atoms with Gasteiger partial charge in [-0.15, -0.1) is 0 Å². The summed E-state index contributed by atoms with van der Waals surface area (Å²) < 4.78 is 11.9. The molecule has 0 radical (unpaired) electrons. The Morgan fingerprint density at radius 2 is 1.86 bits per heavy atom. The Morgan fingerprint density at radius 1 is 1.11 bits per heavy atom. The van der Waals surface area contributed by atoms with Crippen LogP contribution in [0.5, 0.6) is 5.75 Å². The van der Waals surface area contributed by atoms with E-state index in [4.69, 9.17) is 21.1 Å². The first-order valence-corrected chi connectivity index (χ1v) is 13.6. The van der Waals surface area contributed by atoms with Crippen molar-refractivity contribution in [2.24, 2.45) is 0 Å². The fourth-order valence-electron chi connectivity index (χ4n) is 4.20. The summed E-state index contributed by atoms with van der Waals surface area (Å²) in [6, 6.07) is 17.6. The molecule has 2 heterocycles. The maximum atomic E-state index is 12.9. The molecule has 2 fully saturated rings. The molecule has 10 heteroatoms. The van der Waals surface area contributed by atoms with Crippen LogP contribution in [0.1, 0.15) is 11.1 Å². The Bertz CT molecular complexity index is 1390. The topological polar surface area (TPSA) is 76.2 Å². The first-order chi connectivity index (χ1) is 17.9. The van der Waals surface area contributed by atoms with Gasteiger partial charge in [-0.3, -0.25) is 19.3 Å². The molecule has 0 unspecified atom stereocenters. The van der Waals surface area contributed by atoms with E-state index in [1.165, 1.54) is 0 Å². The van der Waals surface area contributed by atoms with E-state index in [-0.39, 0.29) is 17.4 Å². The molecular formula is C27H22BrClN2O5S. The van der Waals surface area contributed by atoms with Gasteiger partial charge in [-0.2, -0.15) is 0 Å². The number of benzene rings is 3. The highest BCUT2D eigenvalue weighted by atomic mass is 79.9. The first kappa shape index (κ1) is 25.8. The Labute approximate surface area is 231 Å². The first-order valence-electron chi connectivity index (χ1n) is 11.6. The van der Waals surface area contributed by atoms with Crippen LogP contribution in [0.3, 0.4) is 0 Å². The molecule has 0 saturated carbocycles. The quantitative estimate of drug-likeness (QED) is 0.336. The predicted molar refractivity (Wildman–Crippen MR) is 148 cm³/mol. The zero-order chi connectivity index (χ0) is 25.9. The third-order valence-corrected chi connectivity index (χ3v) is 7.88. The zero-order valence-electron chi connectivity index (χ0n) is 19.6. The maximum Gasteiger partial charge on any atom is 0.294 e. The molecule has 2 saturated heterocycles. The van der Waals surface area contributed by atoms with Gasteiger partial charge in [-0.25, -0.2) is 0 Å². The molecule has 190 valence electrons. The second kappa shape index (κ2) is 11.3. The predicted octanol–water partition coefficient (Wildman–Crippen LogP) is 5.73. The zero-order valence-corrected chi connectivity index (χ0v) is 22.8. The Morgan fingerprint density at radius 3 is 2.65 bits per heavy atom. The summed E-state index contributed by atoms with van der Waals surface area (Å²) in [7, 11) is 0. The van der Waals surface area contributed by atoms with Gasteiger partial charge in [0.05, 0.1) is 27.6 Å². The number of nitrogens with zero attached hydrogens (tertiary/aromatic N) is 2. The number of hydrogen-bond donors (Lipinski definition) is 0. The van der Waals surface area contributed by atoms with Crippen molar-refractivity contribution in [3.05, 3.63) is 80.1 Å². The number of carbonyl (C=O) groups is 3. The van der Waals surface area contributed by atoms with E-state index in [2.05, 4.69) is 34.1 Å². The van der Waals surface area contributed by atoms with Crippen molar-refractivity contribution in [3.63, 3.8) is 0 Å². The van der Waals surface area contributed by atoms with Gasteiger partial charge in [0, 0.05) is 13.1 Å². The summed E-state index contributed by atoms with van der Waals surface area (Å²) in [5.74, 6) is -0.290. The molecule has 0 aliphatic carbocycles. The van der Waals surface area contributed by atoms with Crippen molar-refractivity contribution in [3.8, 4) is 5.75 Å². The molecule has 2 aliphatic heterocycles. The maximum absolute atomic E-state index is 12.9. The van der Waals surface area contributed by atoms with Crippen molar-refractivity contribution in [2.45, 2.75) is 6.61 Å². The number of halogens is 2. The molecule has 37 heavy (non-hydrogen) atoms. The van der Waals surface area contributed by atoms with Crippen molar-refractivity contribution >= 4 is 73.2 Å². The van der Waals surface area contributed by atoms with Gasteiger partial charge in [0.25, 0.3) is 11.1 Å². The molecule has 3 aromatic rings. The SMILES string of the molecule is O=C(CN1C(=O)S/C(=C/c2cc(Cl)c(OCc3cccc4ccccc34)c(Br)c2)C1=O)N1CCOCC1. The minimum atomic E-state index is -0.500. The van der Waals surface area contributed by atoms with Crippen LogP contribution in [-0.2, 0) is 20.9 Å². The fourth-order valence-corrected chi connectivity index (χ4v) is 6.03. The van der Waals surface area contributed by atoms with Gasteiger partial charge in [-0.05, 0) is 67.8 Å². The number of hydrogen-bond acceptors (Lipinski definition) is 6. The van der Waals surface area contributed by atoms with Crippen LogP contribution in [-0.4, -0.2) is 59.7 Å². The molecular weight excluding hydrogens is 580 g/mol. The number of rotatable bonds is 6. The van der Waals surface area contributed by atoms with Gasteiger partial charge in [0.1, 0.15) is 13.2 Å². The van der Waals surface area contributed by atoms with Crippen LogP contribution in [0.4, 0.5) is 4.79 Å². The Kier molecular flexibility index (Phi) is 7.85. The van der Waals surface area contributed by atoms with E-state index in [1.54, 1.807) is 23.1 Å².